The number of piperidine rings is 1. The molecule has 1 aliphatic heterocycles. The highest BCUT2D eigenvalue weighted by Crippen LogP contribution is 2.17. The molecule has 0 saturated carbocycles. The molecule has 4 nitrogen and oxygen atoms in total. The van der Waals surface area contributed by atoms with Gasteiger partial charge in [-0.05, 0) is 45.4 Å². The van der Waals surface area contributed by atoms with Gasteiger partial charge in [0.2, 0.25) is 0 Å². The number of benzene rings is 1. The lowest BCUT2D eigenvalue weighted by molar-refractivity contribution is 0.0437. The minimum absolute atomic E-state index is 0.0168. The lowest BCUT2D eigenvalue weighted by atomic mass is 10.0. The highest BCUT2D eigenvalue weighted by molar-refractivity contribution is 5.94. The van der Waals surface area contributed by atoms with Crippen LogP contribution in [0.3, 0.4) is 0 Å². The molecule has 1 aromatic carbocycles. The van der Waals surface area contributed by atoms with E-state index in [1.165, 1.54) is 26.2 Å². The van der Waals surface area contributed by atoms with E-state index in [4.69, 9.17) is 4.74 Å². The highest BCUT2D eigenvalue weighted by Gasteiger charge is 2.21. The number of aliphatic hydroxyl groups is 1. The SMILES string of the molecule is CC(=O)c1cccc(OCC(O)CN2CCCCC2C)c1. The number of β-amino-alcohol motifs (C(OH)–C–C–N with tert-alkyl or cyclic N) is 1. The van der Waals surface area contributed by atoms with Gasteiger partial charge in [0.1, 0.15) is 18.5 Å². The first-order chi connectivity index (χ1) is 10.1. The smallest absolute Gasteiger partial charge is 0.159 e. The van der Waals surface area contributed by atoms with Gasteiger partial charge in [0, 0.05) is 18.2 Å². The first-order valence-electron chi connectivity index (χ1n) is 7.72. The molecule has 1 aliphatic rings. The lowest BCUT2D eigenvalue weighted by Gasteiger charge is -2.34. The zero-order valence-corrected chi connectivity index (χ0v) is 12.9. The van der Waals surface area contributed by atoms with Crippen LogP contribution in [0.25, 0.3) is 0 Å². The number of rotatable bonds is 6. The molecule has 0 aliphatic carbocycles. The quantitative estimate of drug-likeness (QED) is 0.818. The number of nitrogens with zero attached hydrogens (tertiary/aromatic N) is 1. The molecule has 2 rings (SSSR count). The molecular formula is C17H25NO3. The minimum Gasteiger partial charge on any atom is -0.491 e. The minimum atomic E-state index is -0.508. The highest BCUT2D eigenvalue weighted by atomic mass is 16.5. The maximum atomic E-state index is 11.3. The maximum Gasteiger partial charge on any atom is 0.159 e. The molecule has 116 valence electrons. The topological polar surface area (TPSA) is 49.8 Å². The van der Waals surface area contributed by atoms with Crippen LogP contribution in [0, 0.1) is 0 Å². The Hall–Kier alpha value is -1.39. The Balaban J connectivity index is 1.82. The third-order valence-electron chi connectivity index (χ3n) is 4.07. The van der Waals surface area contributed by atoms with Gasteiger partial charge in [-0.1, -0.05) is 18.6 Å². The number of hydrogen-bond acceptors (Lipinski definition) is 4. The maximum absolute atomic E-state index is 11.3. The van der Waals surface area contributed by atoms with Gasteiger partial charge in [-0.3, -0.25) is 9.69 Å². The summed E-state index contributed by atoms with van der Waals surface area (Å²) in [5, 5.41) is 10.1. The van der Waals surface area contributed by atoms with E-state index in [1.54, 1.807) is 18.2 Å². The molecule has 2 atom stereocenters. The van der Waals surface area contributed by atoms with Crippen LogP contribution in [-0.4, -0.2) is 47.6 Å². The van der Waals surface area contributed by atoms with Gasteiger partial charge in [-0.2, -0.15) is 0 Å². The van der Waals surface area contributed by atoms with Crippen LogP contribution in [-0.2, 0) is 0 Å². The summed E-state index contributed by atoms with van der Waals surface area (Å²) in [6, 6.07) is 7.63. The van der Waals surface area contributed by atoms with Crippen molar-refractivity contribution in [2.24, 2.45) is 0 Å². The van der Waals surface area contributed by atoms with E-state index in [-0.39, 0.29) is 12.4 Å². The van der Waals surface area contributed by atoms with Crippen molar-refractivity contribution in [1.82, 2.24) is 4.90 Å². The van der Waals surface area contributed by atoms with Gasteiger partial charge in [0.05, 0.1) is 0 Å². The standard InChI is InChI=1S/C17H25NO3/c1-13-6-3-4-9-18(13)11-16(20)12-21-17-8-5-7-15(10-17)14(2)19/h5,7-8,10,13,16,20H,3-4,6,9,11-12H2,1-2H3. The van der Waals surface area contributed by atoms with Crippen molar-refractivity contribution < 1.29 is 14.6 Å². The molecule has 1 heterocycles. The number of aliphatic hydroxyl groups excluding tert-OH is 1. The number of likely N-dealkylation sites (tertiary alicyclic amines) is 1. The van der Waals surface area contributed by atoms with E-state index in [2.05, 4.69) is 11.8 Å². The van der Waals surface area contributed by atoms with Gasteiger partial charge in [-0.25, -0.2) is 0 Å². The van der Waals surface area contributed by atoms with E-state index in [0.717, 1.165) is 6.54 Å². The van der Waals surface area contributed by atoms with Gasteiger partial charge < -0.3 is 9.84 Å². The zero-order chi connectivity index (χ0) is 15.2. The van der Waals surface area contributed by atoms with Gasteiger partial charge in [0.15, 0.2) is 5.78 Å². The first-order valence-corrected chi connectivity index (χ1v) is 7.72. The number of hydrogen-bond donors (Lipinski definition) is 1. The van der Waals surface area contributed by atoms with Gasteiger partial charge >= 0.3 is 0 Å². The average molecular weight is 291 g/mol. The lowest BCUT2D eigenvalue weighted by Crippen LogP contribution is -2.43. The fourth-order valence-corrected chi connectivity index (χ4v) is 2.75. The van der Waals surface area contributed by atoms with E-state index in [0.29, 0.717) is 23.9 Å². The summed E-state index contributed by atoms with van der Waals surface area (Å²) < 4.78 is 5.61. The van der Waals surface area contributed by atoms with Crippen LogP contribution in [0.5, 0.6) is 5.75 Å². The van der Waals surface area contributed by atoms with Crippen LogP contribution < -0.4 is 4.74 Å². The summed E-state index contributed by atoms with van der Waals surface area (Å²) in [4.78, 5) is 13.6. The summed E-state index contributed by atoms with van der Waals surface area (Å²) in [5.41, 5.74) is 0.631. The molecule has 1 N–H and O–H groups in total. The Morgan fingerprint density at radius 2 is 2.29 bits per heavy atom. The second-order valence-corrected chi connectivity index (χ2v) is 5.89. The number of ketones is 1. The van der Waals surface area contributed by atoms with Crippen LogP contribution in [0.1, 0.15) is 43.5 Å². The van der Waals surface area contributed by atoms with Crippen molar-refractivity contribution in [1.29, 1.82) is 0 Å². The van der Waals surface area contributed by atoms with Crippen molar-refractivity contribution >= 4 is 5.78 Å². The molecule has 0 amide bonds. The number of carbonyl (C=O) groups excluding carboxylic acids is 1. The fourth-order valence-electron chi connectivity index (χ4n) is 2.75. The summed E-state index contributed by atoms with van der Waals surface area (Å²) in [6.07, 6.45) is 3.18. The zero-order valence-electron chi connectivity index (χ0n) is 12.9. The van der Waals surface area contributed by atoms with Crippen molar-refractivity contribution in [3.63, 3.8) is 0 Å². The molecule has 0 aromatic heterocycles. The van der Waals surface area contributed by atoms with Crippen LogP contribution in [0.4, 0.5) is 0 Å². The molecule has 0 spiro atoms. The molecule has 2 unspecified atom stereocenters. The van der Waals surface area contributed by atoms with Crippen LogP contribution in [0.15, 0.2) is 24.3 Å². The summed E-state index contributed by atoms with van der Waals surface area (Å²) in [5.74, 6) is 0.650. The molecule has 1 fully saturated rings. The number of Topliss-reactive ketones (excluding diaryl/α,β-unsaturated/α-hetero) is 1. The van der Waals surface area contributed by atoms with Crippen molar-refractivity contribution in [2.75, 3.05) is 19.7 Å². The van der Waals surface area contributed by atoms with Crippen molar-refractivity contribution in [3.8, 4) is 5.75 Å². The molecule has 1 saturated heterocycles. The molecule has 0 radical (unpaired) electrons. The third-order valence-corrected chi connectivity index (χ3v) is 4.07. The van der Waals surface area contributed by atoms with Gasteiger partial charge in [0.25, 0.3) is 0 Å². The molecule has 4 heteroatoms. The Morgan fingerprint density at radius 1 is 1.48 bits per heavy atom. The fraction of sp³-hybridized carbons (Fsp3) is 0.588. The molecule has 1 aromatic rings. The first kappa shape index (κ1) is 16.0. The molecule has 21 heavy (non-hydrogen) atoms. The molecular weight excluding hydrogens is 266 g/mol. The Morgan fingerprint density at radius 3 is 3.00 bits per heavy atom. The monoisotopic (exact) mass is 291 g/mol. The van der Waals surface area contributed by atoms with E-state index in [9.17, 15) is 9.90 Å². The summed E-state index contributed by atoms with van der Waals surface area (Å²) in [7, 11) is 0. The third kappa shape index (κ3) is 4.83. The Kier molecular flexibility index (Phi) is 5.76. The van der Waals surface area contributed by atoms with Crippen LogP contribution >= 0.6 is 0 Å². The largest absolute Gasteiger partial charge is 0.491 e. The number of carbonyl (C=O) groups is 1. The van der Waals surface area contributed by atoms with Crippen LogP contribution in [0.2, 0.25) is 0 Å². The average Bonchev–Trinajstić information content (AvgIpc) is 2.48. The van der Waals surface area contributed by atoms with E-state index in [1.807, 2.05) is 6.07 Å². The molecule has 0 bridgehead atoms. The normalized spacial score (nSPS) is 21.0. The predicted molar refractivity (Wildman–Crippen MR) is 82.8 cm³/mol. The number of ether oxygens (including phenoxy) is 1. The summed E-state index contributed by atoms with van der Waals surface area (Å²) in [6.45, 7) is 5.70. The van der Waals surface area contributed by atoms with E-state index < -0.39 is 6.10 Å². The van der Waals surface area contributed by atoms with Crippen molar-refractivity contribution in [2.45, 2.75) is 45.3 Å². The van der Waals surface area contributed by atoms with Gasteiger partial charge in [-0.15, -0.1) is 0 Å². The van der Waals surface area contributed by atoms with E-state index >= 15 is 0 Å². The second kappa shape index (κ2) is 7.57. The second-order valence-electron chi connectivity index (χ2n) is 5.89. The predicted octanol–water partition coefficient (Wildman–Crippen LogP) is 2.50. The Bertz CT molecular complexity index is 475. The Labute approximate surface area is 126 Å². The summed E-state index contributed by atoms with van der Waals surface area (Å²) >= 11 is 0. The van der Waals surface area contributed by atoms with Crippen molar-refractivity contribution in [3.05, 3.63) is 29.8 Å².